The first-order valence-electron chi connectivity index (χ1n) is 21.7. The van der Waals surface area contributed by atoms with E-state index in [1.54, 1.807) is 24.3 Å². The van der Waals surface area contributed by atoms with Gasteiger partial charge >= 0.3 is 11.9 Å². The lowest BCUT2D eigenvalue weighted by Crippen LogP contribution is -2.23. The number of hydrogen-bond acceptors (Lipinski definition) is 13. The fourth-order valence-corrected chi connectivity index (χ4v) is 8.05. The van der Waals surface area contributed by atoms with E-state index in [2.05, 4.69) is 29.9 Å². The van der Waals surface area contributed by atoms with Crippen molar-refractivity contribution < 1.29 is 23.9 Å². The first-order valence-corrected chi connectivity index (χ1v) is 26.2. The molecule has 74 heavy (non-hydrogen) atoms. The molecule has 0 spiro atoms. The number of halogens is 12. The molecule has 0 amide bonds. The minimum Gasteiger partial charge on any atom is -0.460 e. The number of rotatable bonds is 14. The molecule has 7 rings (SSSR count). The van der Waals surface area contributed by atoms with Crippen LogP contribution in [0.5, 0.6) is 0 Å². The van der Waals surface area contributed by atoms with E-state index in [9.17, 15) is 14.4 Å². The molecule has 1 saturated carbocycles. The number of allylic oxidation sites excluding steroid dienone is 2. The molecule has 1 aliphatic carbocycles. The second kappa shape index (κ2) is 24.2. The van der Waals surface area contributed by atoms with E-state index in [1.165, 1.54) is 24.3 Å². The monoisotopic (exact) mass is 1240 g/mol. The van der Waals surface area contributed by atoms with Crippen LogP contribution in [-0.2, 0) is 29.4 Å². The molecule has 0 aliphatic heterocycles. The summed E-state index contributed by atoms with van der Waals surface area (Å²) in [4.78, 5) is 67.8. The van der Waals surface area contributed by atoms with Crippen molar-refractivity contribution in [2.24, 2.45) is 0 Å². The molecule has 0 N–H and O–H groups in total. The van der Waals surface area contributed by atoms with Gasteiger partial charge in [-0.05, 0) is 84.7 Å². The van der Waals surface area contributed by atoms with Crippen LogP contribution in [0, 0.1) is 0 Å². The SMILES string of the molecule is CN(CCOC(=O)c1ccc(-c2nc(C(Cl)(Cl)Cl)nc(C(Cl)(Cl)Cl)n2)cc1)c1ccc(C=C2CCC(=Cc3ccc(N(C)CCOC(=O)c4ccc(-c5nc(C(Cl)(Cl)Cl)nc(C(Cl)(Cl)Cl)n5)cc4)cc3)C2=O)cc1. The summed E-state index contributed by atoms with van der Waals surface area (Å²) in [5.74, 6) is -1.91. The number of alkyl halides is 12. The maximum atomic E-state index is 13.5. The predicted octanol–water partition coefficient (Wildman–Crippen LogP) is 14.1. The van der Waals surface area contributed by atoms with Gasteiger partial charge in [-0.2, -0.15) is 0 Å². The molecule has 0 saturated heterocycles. The molecule has 2 heterocycles. The first-order chi connectivity index (χ1) is 34.7. The second-order valence-electron chi connectivity index (χ2n) is 16.2. The number of aromatic nitrogens is 6. The minimum absolute atomic E-state index is 0.00310. The standard InChI is InChI=1S/C49H36Cl12N8O5/c1-68(21-23-73-40(71)31-11-7-29(8-12-31)38-62-42(46(50,51)52)66-43(63-38)47(53,54)55)35-17-3-27(4-18-35)25-33-15-16-34(37(33)70)26-28-5-19-36(20-6-28)69(2)22-24-74-41(72)32-13-9-30(10-14-32)39-64-44(48(56,57)58)67-45(65-39)49(59,60)61/h3-14,17-20,25-26H,15-16,21-24H2,1-2H3. The molecule has 0 atom stereocenters. The van der Waals surface area contributed by atoms with Crippen LogP contribution < -0.4 is 9.80 Å². The molecule has 0 radical (unpaired) electrons. The van der Waals surface area contributed by atoms with E-state index in [-0.39, 0.29) is 65.1 Å². The van der Waals surface area contributed by atoms with Crippen molar-refractivity contribution >= 4 is 180 Å². The van der Waals surface area contributed by atoms with Crippen molar-refractivity contribution in [1.82, 2.24) is 29.9 Å². The average Bonchev–Trinajstić information content (AvgIpc) is 3.69. The number of esters is 2. The highest BCUT2D eigenvalue weighted by molar-refractivity contribution is 6.68. The van der Waals surface area contributed by atoms with Gasteiger partial charge in [-0.25, -0.2) is 39.5 Å². The molecule has 6 aromatic rings. The van der Waals surface area contributed by atoms with Crippen LogP contribution in [0.25, 0.3) is 34.9 Å². The van der Waals surface area contributed by atoms with Crippen molar-refractivity contribution in [3.05, 3.63) is 154 Å². The van der Waals surface area contributed by atoms with E-state index >= 15 is 0 Å². The van der Waals surface area contributed by atoms with Gasteiger partial charge in [-0.3, -0.25) is 4.79 Å². The number of ketones is 1. The summed E-state index contributed by atoms with van der Waals surface area (Å²) in [5.41, 5.74) is 6.45. The third kappa shape index (κ3) is 15.4. The van der Waals surface area contributed by atoms with Gasteiger partial charge in [-0.15, -0.1) is 0 Å². The Kier molecular flexibility index (Phi) is 18.9. The summed E-state index contributed by atoms with van der Waals surface area (Å²) < 4.78 is 3.01. The van der Waals surface area contributed by atoms with Gasteiger partial charge in [0.15, 0.2) is 40.7 Å². The number of carbonyl (C=O) groups is 3. The molecular weight excluding hydrogens is 1210 g/mol. The van der Waals surface area contributed by atoms with Gasteiger partial charge in [0.1, 0.15) is 13.2 Å². The Labute approximate surface area is 484 Å². The Balaban J connectivity index is 0.858. The van der Waals surface area contributed by atoms with E-state index in [0.29, 0.717) is 37.1 Å². The first kappa shape index (κ1) is 57.8. The molecule has 0 unspecified atom stereocenters. The molecule has 13 nitrogen and oxygen atoms in total. The smallest absolute Gasteiger partial charge is 0.338 e. The molecule has 4 aromatic carbocycles. The minimum atomic E-state index is -2.02. The second-order valence-corrected chi connectivity index (χ2v) is 25.3. The highest BCUT2D eigenvalue weighted by Gasteiger charge is 2.36. The van der Waals surface area contributed by atoms with Gasteiger partial charge in [0, 0.05) is 47.7 Å². The van der Waals surface area contributed by atoms with Crippen LogP contribution in [-0.4, -0.2) is 88.0 Å². The fourth-order valence-electron chi connectivity index (χ4n) is 7.03. The zero-order valence-electron chi connectivity index (χ0n) is 38.3. The third-order valence-electron chi connectivity index (χ3n) is 11.0. The van der Waals surface area contributed by atoms with Gasteiger partial charge in [0.25, 0.3) is 0 Å². The van der Waals surface area contributed by atoms with Crippen LogP contribution >= 0.6 is 139 Å². The summed E-state index contributed by atoms with van der Waals surface area (Å²) in [7, 11) is 3.76. The normalized spacial score (nSPS) is 14.4. The largest absolute Gasteiger partial charge is 0.460 e. The van der Waals surface area contributed by atoms with Crippen molar-refractivity contribution in [2.75, 3.05) is 50.2 Å². The van der Waals surface area contributed by atoms with E-state index in [1.807, 2.05) is 84.6 Å². The summed E-state index contributed by atoms with van der Waals surface area (Å²) >= 11 is 71.9. The number of nitrogens with zero attached hydrogens (tertiary/aromatic N) is 8. The number of likely N-dealkylation sites (N-methyl/N-ethyl adjacent to an activating group) is 2. The average molecular weight is 1240 g/mol. The summed E-state index contributed by atoms with van der Waals surface area (Å²) in [6.45, 7) is 1.03. The van der Waals surface area contributed by atoms with E-state index in [0.717, 1.165) is 33.6 Å². The highest BCUT2D eigenvalue weighted by atomic mass is 35.6. The lowest BCUT2D eigenvalue weighted by molar-refractivity contribution is -0.111. The highest BCUT2D eigenvalue weighted by Crippen LogP contribution is 2.42. The zero-order valence-corrected chi connectivity index (χ0v) is 47.4. The summed E-state index contributed by atoms with van der Waals surface area (Å²) in [5, 5.41) is 0. The van der Waals surface area contributed by atoms with Gasteiger partial charge < -0.3 is 19.3 Å². The molecule has 2 aromatic heterocycles. The Morgan fingerprint density at radius 2 is 0.770 bits per heavy atom. The van der Waals surface area contributed by atoms with Crippen molar-refractivity contribution in [1.29, 1.82) is 0 Å². The topological polar surface area (TPSA) is 153 Å². The molecule has 1 fully saturated rings. The molecule has 0 bridgehead atoms. The quantitative estimate of drug-likeness (QED) is 0.0578. The van der Waals surface area contributed by atoms with E-state index < -0.39 is 27.1 Å². The number of anilines is 2. The number of benzene rings is 4. The Morgan fingerprint density at radius 3 is 1.05 bits per heavy atom. The van der Waals surface area contributed by atoms with Crippen molar-refractivity contribution in [3.63, 3.8) is 0 Å². The van der Waals surface area contributed by atoms with Gasteiger partial charge in [-0.1, -0.05) is 188 Å². The maximum Gasteiger partial charge on any atom is 0.338 e. The van der Waals surface area contributed by atoms with Crippen LogP contribution in [0.3, 0.4) is 0 Å². The van der Waals surface area contributed by atoms with Crippen LogP contribution in [0.15, 0.2) is 108 Å². The number of Topliss-reactive ketones (excluding diaryl/α,β-unsaturated/α-hetero) is 1. The maximum absolute atomic E-state index is 13.5. The van der Waals surface area contributed by atoms with Crippen LogP contribution in [0.1, 0.15) is 68.0 Å². The van der Waals surface area contributed by atoms with Crippen molar-refractivity contribution in [2.45, 2.75) is 28.0 Å². The summed E-state index contributed by atoms with van der Waals surface area (Å²) in [6, 6.07) is 28.0. The molecule has 1 aliphatic rings. The Hall–Kier alpha value is -3.93. The van der Waals surface area contributed by atoms with Crippen LogP contribution in [0.2, 0.25) is 0 Å². The van der Waals surface area contributed by atoms with E-state index in [4.69, 9.17) is 149 Å². The molecular formula is C49H36Cl12N8O5. The zero-order chi connectivity index (χ0) is 53.8. The number of carbonyl (C=O) groups excluding carboxylic acids is 3. The van der Waals surface area contributed by atoms with Crippen molar-refractivity contribution in [3.8, 4) is 22.8 Å². The lowest BCUT2D eigenvalue weighted by Gasteiger charge is -2.19. The van der Waals surface area contributed by atoms with Gasteiger partial charge in [0.2, 0.25) is 15.2 Å². The third-order valence-corrected chi connectivity index (χ3v) is 13.0. The van der Waals surface area contributed by atoms with Gasteiger partial charge in [0.05, 0.1) is 24.2 Å². The molecule has 386 valence electrons. The fraction of sp³-hybridized carbons (Fsp3) is 0.245. The number of hydrogen-bond donors (Lipinski definition) is 0. The molecule has 25 heteroatoms. The van der Waals surface area contributed by atoms with Crippen LogP contribution in [0.4, 0.5) is 11.4 Å². The lowest BCUT2D eigenvalue weighted by atomic mass is 10.1. The predicted molar refractivity (Wildman–Crippen MR) is 298 cm³/mol. The Morgan fingerprint density at radius 1 is 0.473 bits per heavy atom. The Bertz CT molecular complexity index is 2820. The summed E-state index contributed by atoms with van der Waals surface area (Å²) in [6.07, 6.45) is 5.06. The number of ether oxygens (including phenoxy) is 2.